The topological polar surface area (TPSA) is 78.9 Å². The number of nitrogens with two attached hydrogens (primary N) is 1. The van der Waals surface area contributed by atoms with Gasteiger partial charge in [0.15, 0.2) is 17.0 Å². The lowest BCUT2D eigenvalue weighted by atomic mass is 10.1. The Morgan fingerprint density at radius 2 is 2.17 bits per heavy atom. The third-order valence-corrected chi connectivity index (χ3v) is 3.66. The molecule has 0 aliphatic heterocycles. The number of methoxy groups -OCH3 is 1. The minimum Gasteiger partial charge on any atom is -0.497 e. The molecule has 0 aliphatic carbocycles. The van der Waals surface area contributed by atoms with Gasteiger partial charge < -0.3 is 15.0 Å². The SMILES string of the molecule is C/C=C\Cn1c(Cc2cccc(OC)c2)nc2c(N)ncnc21. The third kappa shape index (κ3) is 3.01. The summed E-state index contributed by atoms with van der Waals surface area (Å²) in [4.78, 5) is 13.0. The van der Waals surface area contributed by atoms with E-state index < -0.39 is 0 Å². The van der Waals surface area contributed by atoms with Crippen LogP contribution in [0.3, 0.4) is 0 Å². The molecule has 0 bridgehead atoms. The van der Waals surface area contributed by atoms with Gasteiger partial charge in [-0.15, -0.1) is 0 Å². The van der Waals surface area contributed by atoms with Crippen LogP contribution in [0.1, 0.15) is 18.3 Å². The second kappa shape index (κ2) is 6.48. The normalized spacial score (nSPS) is 11.4. The largest absolute Gasteiger partial charge is 0.497 e. The Labute approximate surface area is 134 Å². The molecule has 0 radical (unpaired) electrons. The lowest BCUT2D eigenvalue weighted by Crippen LogP contribution is -2.04. The number of fused-ring (bicyclic) bond motifs is 1. The van der Waals surface area contributed by atoms with E-state index in [1.54, 1.807) is 7.11 Å². The van der Waals surface area contributed by atoms with Gasteiger partial charge in [-0.2, -0.15) is 0 Å². The molecule has 3 aromatic rings. The number of anilines is 1. The fourth-order valence-electron chi connectivity index (χ4n) is 2.50. The fraction of sp³-hybridized carbons (Fsp3) is 0.235. The summed E-state index contributed by atoms with van der Waals surface area (Å²) in [5.74, 6) is 2.14. The molecule has 6 nitrogen and oxygen atoms in total. The predicted molar refractivity (Wildman–Crippen MR) is 90.3 cm³/mol. The lowest BCUT2D eigenvalue weighted by molar-refractivity contribution is 0.414. The van der Waals surface area contributed by atoms with Crippen molar-refractivity contribution in [3.8, 4) is 5.75 Å². The van der Waals surface area contributed by atoms with E-state index >= 15 is 0 Å². The number of aromatic nitrogens is 4. The van der Waals surface area contributed by atoms with Crippen molar-refractivity contribution in [1.82, 2.24) is 19.5 Å². The minimum atomic E-state index is 0.404. The van der Waals surface area contributed by atoms with Gasteiger partial charge in [-0.25, -0.2) is 15.0 Å². The zero-order chi connectivity index (χ0) is 16.2. The van der Waals surface area contributed by atoms with Crippen LogP contribution in [0.4, 0.5) is 5.82 Å². The van der Waals surface area contributed by atoms with Gasteiger partial charge in [0.05, 0.1) is 7.11 Å². The number of rotatable bonds is 5. The number of imidazole rings is 1. The van der Waals surface area contributed by atoms with E-state index in [9.17, 15) is 0 Å². The second-order valence-corrected chi connectivity index (χ2v) is 5.17. The molecule has 0 spiro atoms. The summed E-state index contributed by atoms with van der Waals surface area (Å²) in [6.45, 7) is 2.69. The Morgan fingerprint density at radius 3 is 2.96 bits per heavy atom. The molecule has 118 valence electrons. The first kappa shape index (κ1) is 15.0. The van der Waals surface area contributed by atoms with Crippen molar-refractivity contribution in [2.75, 3.05) is 12.8 Å². The van der Waals surface area contributed by atoms with E-state index in [-0.39, 0.29) is 0 Å². The highest BCUT2D eigenvalue weighted by Gasteiger charge is 2.14. The Morgan fingerprint density at radius 1 is 1.30 bits per heavy atom. The van der Waals surface area contributed by atoms with Crippen molar-refractivity contribution < 1.29 is 4.74 Å². The number of hydrogen-bond donors (Lipinski definition) is 1. The maximum absolute atomic E-state index is 5.94. The van der Waals surface area contributed by atoms with E-state index in [1.165, 1.54) is 6.33 Å². The molecule has 0 saturated carbocycles. The second-order valence-electron chi connectivity index (χ2n) is 5.17. The highest BCUT2D eigenvalue weighted by atomic mass is 16.5. The summed E-state index contributed by atoms with van der Waals surface area (Å²) in [6, 6.07) is 7.96. The lowest BCUT2D eigenvalue weighted by Gasteiger charge is -2.07. The molecule has 2 heterocycles. The highest BCUT2D eigenvalue weighted by Crippen LogP contribution is 2.21. The monoisotopic (exact) mass is 309 g/mol. The first-order valence-electron chi connectivity index (χ1n) is 7.42. The average Bonchev–Trinajstić information content (AvgIpc) is 2.92. The van der Waals surface area contributed by atoms with Gasteiger partial charge in [0.25, 0.3) is 0 Å². The first-order chi connectivity index (χ1) is 11.2. The van der Waals surface area contributed by atoms with E-state index in [0.29, 0.717) is 24.3 Å². The summed E-state index contributed by atoms with van der Waals surface area (Å²) in [5, 5.41) is 0. The number of benzene rings is 1. The molecule has 2 N–H and O–H groups in total. The van der Waals surface area contributed by atoms with Gasteiger partial charge in [0, 0.05) is 13.0 Å². The van der Waals surface area contributed by atoms with Crippen molar-refractivity contribution in [3.05, 3.63) is 54.1 Å². The minimum absolute atomic E-state index is 0.404. The Bertz CT molecular complexity index is 853. The molecule has 3 rings (SSSR count). The molecule has 0 aliphatic rings. The predicted octanol–water partition coefficient (Wildman–Crippen LogP) is 2.58. The molecule has 0 saturated heterocycles. The first-order valence-corrected chi connectivity index (χ1v) is 7.42. The number of ether oxygens (including phenoxy) is 1. The summed E-state index contributed by atoms with van der Waals surface area (Å²) < 4.78 is 7.35. The van der Waals surface area contributed by atoms with Crippen LogP contribution >= 0.6 is 0 Å². The van der Waals surface area contributed by atoms with E-state index in [1.807, 2.05) is 31.2 Å². The molecule has 1 aromatic carbocycles. The van der Waals surface area contributed by atoms with E-state index in [4.69, 9.17) is 10.5 Å². The van der Waals surface area contributed by atoms with Crippen molar-refractivity contribution in [2.24, 2.45) is 0 Å². The van der Waals surface area contributed by atoms with Crippen LogP contribution in [0.5, 0.6) is 5.75 Å². The quantitative estimate of drug-likeness (QED) is 0.733. The molecule has 0 fully saturated rings. The van der Waals surface area contributed by atoms with Gasteiger partial charge in [-0.1, -0.05) is 24.3 Å². The smallest absolute Gasteiger partial charge is 0.165 e. The van der Waals surface area contributed by atoms with Crippen molar-refractivity contribution >= 4 is 17.0 Å². The molecular weight excluding hydrogens is 290 g/mol. The Balaban J connectivity index is 2.06. The van der Waals surface area contributed by atoms with Gasteiger partial charge >= 0.3 is 0 Å². The van der Waals surface area contributed by atoms with Gasteiger partial charge in [-0.3, -0.25) is 0 Å². The summed E-state index contributed by atoms with van der Waals surface area (Å²) in [5.41, 5.74) is 8.47. The summed E-state index contributed by atoms with van der Waals surface area (Å²) in [7, 11) is 1.66. The van der Waals surface area contributed by atoms with Crippen LogP contribution in [0, 0.1) is 0 Å². The number of hydrogen-bond acceptors (Lipinski definition) is 5. The van der Waals surface area contributed by atoms with Crippen LogP contribution in [0.2, 0.25) is 0 Å². The maximum Gasteiger partial charge on any atom is 0.165 e. The van der Waals surface area contributed by atoms with Crippen molar-refractivity contribution in [1.29, 1.82) is 0 Å². The van der Waals surface area contributed by atoms with Gasteiger partial charge in [0.2, 0.25) is 0 Å². The molecule has 6 heteroatoms. The standard InChI is InChI=1S/C17H19N5O/c1-3-4-8-22-14(10-12-6-5-7-13(9-12)23-2)21-15-16(18)19-11-20-17(15)22/h3-7,9,11H,8,10H2,1-2H3,(H2,18,19,20)/b4-3-. The van der Waals surface area contributed by atoms with E-state index in [2.05, 4.69) is 31.7 Å². The van der Waals surface area contributed by atoms with Gasteiger partial charge in [-0.05, 0) is 24.6 Å². The Kier molecular flexibility index (Phi) is 4.23. The summed E-state index contributed by atoms with van der Waals surface area (Å²) in [6.07, 6.45) is 6.21. The number of nitrogen functional groups attached to an aromatic ring is 1. The van der Waals surface area contributed by atoms with Crippen LogP contribution in [0.25, 0.3) is 11.2 Å². The van der Waals surface area contributed by atoms with Crippen molar-refractivity contribution in [3.63, 3.8) is 0 Å². The third-order valence-electron chi connectivity index (χ3n) is 3.66. The van der Waals surface area contributed by atoms with E-state index in [0.717, 1.165) is 22.8 Å². The molecule has 0 unspecified atom stereocenters. The van der Waals surface area contributed by atoms with Crippen molar-refractivity contribution in [2.45, 2.75) is 19.9 Å². The van der Waals surface area contributed by atoms with Crippen LogP contribution < -0.4 is 10.5 Å². The molecular formula is C17H19N5O. The fourth-order valence-corrected chi connectivity index (χ4v) is 2.50. The van der Waals surface area contributed by atoms with Gasteiger partial charge in [0.1, 0.15) is 17.9 Å². The molecule has 23 heavy (non-hydrogen) atoms. The van der Waals surface area contributed by atoms with Crippen LogP contribution in [-0.4, -0.2) is 26.6 Å². The number of allylic oxidation sites excluding steroid dienone is 2. The Hall–Kier alpha value is -2.89. The average molecular weight is 309 g/mol. The molecule has 0 atom stereocenters. The highest BCUT2D eigenvalue weighted by molar-refractivity contribution is 5.81. The zero-order valence-corrected chi connectivity index (χ0v) is 13.2. The maximum atomic E-state index is 5.94. The number of nitrogens with zero attached hydrogens (tertiary/aromatic N) is 4. The molecule has 2 aromatic heterocycles. The van der Waals surface area contributed by atoms with Crippen LogP contribution in [-0.2, 0) is 13.0 Å². The summed E-state index contributed by atoms with van der Waals surface area (Å²) >= 11 is 0. The molecule has 0 amide bonds. The van der Waals surface area contributed by atoms with Crippen LogP contribution in [0.15, 0.2) is 42.7 Å². The zero-order valence-electron chi connectivity index (χ0n) is 13.2.